The highest BCUT2D eigenvalue weighted by Gasteiger charge is 2.06. The number of para-hydroxylation sites is 1. The average molecular weight is 272 g/mol. The minimum atomic E-state index is -0.362. The summed E-state index contributed by atoms with van der Waals surface area (Å²) in [6.45, 7) is 3.82. The van der Waals surface area contributed by atoms with Crippen LogP contribution >= 0.6 is 0 Å². The first-order valence-electron chi connectivity index (χ1n) is 6.42. The molecule has 0 fully saturated rings. The van der Waals surface area contributed by atoms with Crippen molar-refractivity contribution in [1.29, 1.82) is 0 Å². The highest BCUT2D eigenvalue weighted by Crippen LogP contribution is 2.16. The van der Waals surface area contributed by atoms with Crippen LogP contribution in [0.2, 0.25) is 0 Å². The molecule has 0 spiro atoms. The number of hydrogen-bond acceptors (Lipinski definition) is 2. The van der Waals surface area contributed by atoms with Crippen molar-refractivity contribution in [2.45, 2.75) is 13.8 Å². The topological polar surface area (TPSA) is 41.1 Å². The number of halogens is 1. The quantitative estimate of drug-likeness (QED) is 0.894. The third-order valence-corrected chi connectivity index (χ3v) is 2.98. The molecule has 2 aromatic rings. The van der Waals surface area contributed by atoms with Crippen molar-refractivity contribution in [3.63, 3.8) is 0 Å². The molecule has 4 heteroatoms. The lowest BCUT2D eigenvalue weighted by molar-refractivity contribution is -0.114. The number of hydrogen-bond donors (Lipinski definition) is 2. The maximum Gasteiger partial charge on any atom is 0.243 e. The Morgan fingerprint density at radius 2 is 1.85 bits per heavy atom. The molecular formula is C16H17FN2O. The van der Waals surface area contributed by atoms with Gasteiger partial charge in [-0.2, -0.15) is 0 Å². The summed E-state index contributed by atoms with van der Waals surface area (Å²) in [4.78, 5) is 11.8. The van der Waals surface area contributed by atoms with E-state index in [0.29, 0.717) is 5.69 Å². The van der Waals surface area contributed by atoms with Crippen molar-refractivity contribution >= 4 is 17.3 Å². The minimum Gasteiger partial charge on any atom is -0.374 e. The van der Waals surface area contributed by atoms with E-state index in [1.54, 1.807) is 12.1 Å². The molecule has 2 aromatic carbocycles. The summed E-state index contributed by atoms with van der Waals surface area (Å²) in [6.07, 6.45) is 0. The SMILES string of the molecule is Cc1ccc(F)c(NCC(=O)Nc2ccccc2C)c1. The van der Waals surface area contributed by atoms with E-state index in [1.165, 1.54) is 6.07 Å². The zero-order valence-corrected chi connectivity index (χ0v) is 11.5. The number of benzene rings is 2. The van der Waals surface area contributed by atoms with E-state index in [9.17, 15) is 9.18 Å². The summed E-state index contributed by atoms with van der Waals surface area (Å²) in [5.41, 5.74) is 3.03. The average Bonchev–Trinajstić information content (AvgIpc) is 2.42. The van der Waals surface area contributed by atoms with E-state index in [4.69, 9.17) is 0 Å². The van der Waals surface area contributed by atoms with Crippen LogP contribution in [0.5, 0.6) is 0 Å². The van der Waals surface area contributed by atoms with Crippen molar-refractivity contribution < 1.29 is 9.18 Å². The number of rotatable bonds is 4. The van der Waals surface area contributed by atoms with Crippen molar-refractivity contribution in [3.8, 4) is 0 Å². The van der Waals surface area contributed by atoms with Crippen molar-refractivity contribution in [3.05, 3.63) is 59.4 Å². The Balaban J connectivity index is 1.96. The molecule has 20 heavy (non-hydrogen) atoms. The van der Waals surface area contributed by atoms with Crippen LogP contribution in [0.1, 0.15) is 11.1 Å². The van der Waals surface area contributed by atoms with E-state index < -0.39 is 0 Å². The lowest BCUT2D eigenvalue weighted by atomic mass is 10.2. The number of anilines is 2. The van der Waals surface area contributed by atoms with Gasteiger partial charge in [0, 0.05) is 5.69 Å². The Morgan fingerprint density at radius 1 is 1.10 bits per heavy atom. The van der Waals surface area contributed by atoms with Gasteiger partial charge in [-0.1, -0.05) is 24.3 Å². The van der Waals surface area contributed by atoms with Gasteiger partial charge < -0.3 is 10.6 Å². The van der Waals surface area contributed by atoms with Gasteiger partial charge in [-0.25, -0.2) is 4.39 Å². The van der Waals surface area contributed by atoms with E-state index in [2.05, 4.69) is 10.6 Å². The van der Waals surface area contributed by atoms with Gasteiger partial charge in [0.1, 0.15) is 5.82 Å². The summed E-state index contributed by atoms with van der Waals surface area (Å²) in [5.74, 6) is -0.570. The van der Waals surface area contributed by atoms with Crippen LogP contribution in [0.4, 0.5) is 15.8 Å². The minimum absolute atomic E-state index is 0.0225. The number of nitrogens with one attached hydrogen (secondary N) is 2. The fourth-order valence-corrected chi connectivity index (χ4v) is 1.86. The molecule has 2 rings (SSSR count). The maximum atomic E-state index is 13.5. The Kier molecular flexibility index (Phi) is 4.35. The fourth-order valence-electron chi connectivity index (χ4n) is 1.86. The molecule has 0 atom stereocenters. The second-order valence-electron chi connectivity index (χ2n) is 4.70. The summed E-state index contributed by atoms with van der Waals surface area (Å²) in [7, 11) is 0. The lowest BCUT2D eigenvalue weighted by Gasteiger charge is -2.10. The monoisotopic (exact) mass is 272 g/mol. The Labute approximate surface area is 117 Å². The van der Waals surface area contributed by atoms with Crippen LogP contribution in [-0.2, 0) is 4.79 Å². The molecule has 0 heterocycles. The van der Waals surface area contributed by atoms with Gasteiger partial charge in [0.15, 0.2) is 0 Å². The molecule has 0 bridgehead atoms. The molecule has 0 aromatic heterocycles. The normalized spacial score (nSPS) is 10.2. The van der Waals surface area contributed by atoms with Crippen LogP contribution in [0.25, 0.3) is 0 Å². The number of aryl methyl sites for hydroxylation is 2. The van der Waals surface area contributed by atoms with Gasteiger partial charge in [-0.15, -0.1) is 0 Å². The van der Waals surface area contributed by atoms with Gasteiger partial charge in [0.25, 0.3) is 0 Å². The molecule has 0 radical (unpaired) electrons. The molecule has 0 aliphatic heterocycles. The lowest BCUT2D eigenvalue weighted by Crippen LogP contribution is -2.22. The Hall–Kier alpha value is -2.36. The molecule has 0 aliphatic carbocycles. The van der Waals surface area contributed by atoms with Gasteiger partial charge in [0.2, 0.25) is 5.91 Å². The van der Waals surface area contributed by atoms with Crippen molar-refractivity contribution in [2.24, 2.45) is 0 Å². The van der Waals surface area contributed by atoms with E-state index >= 15 is 0 Å². The Morgan fingerprint density at radius 3 is 2.60 bits per heavy atom. The molecule has 2 N–H and O–H groups in total. The van der Waals surface area contributed by atoms with Crippen LogP contribution in [-0.4, -0.2) is 12.5 Å². The van der Waals surface area contributed by atoms with Crippen molar-refractivity contribution in [1.82, 2.24) is 0 Å². The van der Waals surface area contributed by atoms with Crippen LogP contribution in [0.15, 0.2) is 42.5 Å². The molecule has 104 valence electrons. The largest absolute Gasteiger partial charge is 0.374 e. The highest BCUT2D eigenvalue weighted by molar-refractivity contribution is 5.94. The zero-order valence-electron chi connectivity index (χ0n) is 11.5. The standard InChI is InChI=1S/C16H17FN2O/c1-11-7-8-13(17)15(9-11)18-10-16(20)19-14-6-4-3-5-12(14)2/h3-9,18H,10H2,1-2H3,(H,19,20). The summed E-state index contributed by atoms with van der Waals surface area (Å²) >= 11 is 0. The second-order valence-corrected chi connectivity index (χ2v) is 4.70. The highest BCUT2D eigenvalue weighted by atomic mass is 19.1. The molecule has 3 nitrogen and oxygen atoms in total. The predicted molar refractivity (Wildman–Crippen MR) is 79.4 cm³/mol. The smallest absolute Gasteiger partial charge is 0.243 e. The first-order chi connectivity index (χ1) is 9.56. The van der Waals surface area contributed by atoms with Gasteiger partial charge >= 0.3 is 0 Å². The van der Waals surface area contributed by atoms with Crippen LogP contribution < -0.4 is 10.6 Å². The molecule has 1 amide bonds. The molecule has 0 saturated carbocycles. The Bertz CT molecular complexity index is 626. The van der Waals surface area contributed by atoms with E-state index in [-0.39, 0.29) is 18.3 Å². The summed E-state index contributed by atoms with van der Waals surface area (Å²) in [6, 6.07) is 12.3. The third kappa shape index (κ3) is 3.57. The van der Waals surface area contributed by atoms with Crippen LogP contribution in [0.3, 0.4) is 0 Å². The summed E-state index contributed by atoms with van der Waals surface area (Å²) in [5, 5.41) is 5.60. The van der Waals surface area contributed by atoms with E-state index in [1.807, 2.05) is 38.1 Å². The van der Waals surface area contributed by atoms with E-state index in [0.717, 1.165) is 16.8 Å². The number of amides is 1. The first kappa shape index (κ1) is 14.1. The molecule has 0 aliphatic rings. The maximum absolute atomic E-state index is 13.5. The van der Waals surface area contributed by atoms with Gasteiger partial charge in [-0.3, -0.25) is 4.79 Å². The number of carbonyl (C=O) groups is 1. The molecule has 0 unspecified atom stereocenters. The molecule has 0 saturated heterocycles. The zero-order chi connectivity index (χ0) is 14.5. The van der Waals surface area contributed by atoms with Crippen LogP contribution in [0, 0.1) is 19.7 Å². The number of carbonyl (C=O) groups excluding carboxylic acids is 1. The fraction of sp³-hybridized carbons (Fsp3) is 0.188. The van der Waals surface area contributed by atoms with Gasteiger partial charge in [-0.05, 0) is 43.2 Å². The van der Waals surface area contributed by atoms with Gasteiger partial charge in [0.05, 0.1) is 12.2 Å². The van der Waals surface area contributed by atoms with Crippen molar-refractivity contribution in [2.75, 3.05) is 17.2 Å². The first-order valence-corrected chi connectivity index (χ1v) is 6.42. The second kappa shape index (κ2) is 6.19. The third-order valence-electron chi connectivity index (χ3n) is 2.98. The summed E-state index contributed by atoms with van der Waals surface area (Å²) < 4.78 is 13.5. The predicted octanol–water partition coefficient (Wildman–Crippen LogP) is 3.49. The molecular weight excluding hydrogens is 255 g/mol.